The number of rotatable bonds is 6. The number of anilines is 1. The monoisotopic (exact) mass is 399 g/mol. The van der Waals surface area contributed by atoms with Crippen LogP contribution < -0.4 is 10.6 Å². The predicted molar refractivity (Wildman–Crippen MR) is 118 cm³/mol. The van der Waals surface area contributed by atoms with Crippen LogP contribution in [0, 0.1) is 0 Å². The second-order valence-corrected chi connectivity index (χ2v) is 7.49. The maximum absolute atomic E-state index is 12.7. The highest BCUT2D eigenvalue weighted by atomic mass is 16.2. The number of nitrogens with zero attached hydrogens (tertiary/aromatic N) is 1. The van der Waals surface area contributed by atoms with Gasteiger partial charge in [-0.2, -0.15) is 0 Å². The number of nitrogens with one attached hydrogen (secondary N) is 2. The number of carbonyl (C=O) groups excluding carboxylic acids is 2. The zero-order chi connectivity index (χ0) is 20.8. The molecule has 30 heavy (non-hydrogen) atoms. The molecule has 5 nitrogen and oxygen atoms in total. The van der Waals surface area contributed by atoms with Crippen LogP contribution in [-0.4, -0.2) is 29.8 Å². The molecule has 4 rings (SSSR count). The summed E-state index contributed by atoms with van der Waals surface area (Å²) in [6, 6.07) is 25.2. The van der Waals surface area contributed by atoms with E-state index < -0.39 is 0 Å². The Bertz CT molecular complexity index is 1030. The van der Waals surface area contributed by atoms with Gasteiger partial charge in [0.15, 0.2) is 0 Å². The molecule has 0 bridgehead atoms. The molecule has 0 saturated heterocycles. The molecule has 0 saturated carbocycles. The van der Waals surface area contributed by atoms with Gasteiger partial charge in [0.2, 0.25) is 5.91 Å². The molecule has 152 valence electrons. The molecule has 0 aromatic heterocycles. The number of fused-ring (bicyclic) bond motifs is 1. The quantitative estimate of drug-likeness (QED) is 0.666. The topological polar surface area (TPSA) is 61.4 Å². The summed E-state index contributed by atoms with van der Waals surface area (Å²) >= 11 is 0. The third-order valence-corrected chi connectivity index (χ3v) is 5.32. The second kappa shape index (κ2) is 9.37. The lowest BCUT2D eigenvalue weighted by Gasteiger charge is -2.28. The van der Waals surface area contributed by atoms with Crippen molar-refractivity contribution in [3.8, 4) is 0 Å². The summed E-state index contributed by atoms with van der Waals surface area (Å²) in [6.45, 7) is 2.36. The molecule has 0 atom stereocenters. The van der Waals surface area contributed by atoms with E-state index in [-0.39, 0.29) is 11.8 Å². The van der Waals surface area contributed by atoms with Gasteiger partial charge in [0, 0.05) is 19.6 Å². The molecule has 0 radical (unpaired) electrons. The van der Waals surface area contributed by atoms with E-state index in [9.17, 15) is 9.59 Å². The minimum Gasteiger partial charge on any atom is -0.348 e. The standard InChI is InChI=1S/C25H25N3O2/c29-24(18-28-15-14-20-10-4-5-11-21(20)17-28)27-23-13-7-6-12-22(23)25(30)26-16-19-8-2-1-3-9-19/h1-13H,14-18H2,(H,26,30)(H,27,29). The Morgan fingerprint density at radius 3 is 2.37 bits per heavy atom. The van der Waals surface area contributed by atoms with Crippen molar-refractivity contribution in [3.63, 3.8) is 0 Å². The minimum atomic E-state index is -0.207. The summed E-state index contributed by atoms with van der Waals surface area (Å²) in [4.78, 5) is 27.5. The lowest BCUT2D eigenvalue weighted by atomic mass is 10.00. The molecule has 1 aliphatic rings. The van der Waals surface area contributed by atoms with Crippen molar-refractivity contribution >= 4 is 17.5 Å². The van der Waals surface area contributed by atoms with Gasteiger partial charge in [-0.15, -0.1) is 0 Å². The first-order valence-electron chi connectivity index (χ1n) is 10.2. The van der Waals surface area contributed by atoms with Crippen molar-refractivity contribution in [1.82, 2.24) is 10.2 Å². The minimum absolute atomic E-state index is 0.113. The van der Waals surface area contributed by atoms with E-state index in [1.54, 1.807) is 18.2 Å². The highest BCUT2D eigenvalue weighted by Gasteiger charge is 2.19. The Kier molecular flexibility index (Phi) is 6.20. The summed E-state index contributed by atoms with van der Waals surface area (Å²) < 4.78 is 0. The van der Waals surface area contributed by atoms with Gasteiger partial charge in [-0.05, 0) is 35.2 Å². The molecule has 2 amide bonds. The van der Waals surface area contributed by atoms with Crippen LogP contribution in [-0.2, 0) is 24.3 Å². The van der Waals surface area contributed by atoms with E-state index in [1.807, 2.05) is 42.5 Å². The summed E-state index contributed by atoms with van der Waals surface area (Å²) in [5, 5.41) is 5.84. The first kappa shape index (κ1) is 19.9. The summed E-state index contributed by atoms with van der Waals surface area (Å²) in [5.41, 5.74) is 4.65. The third kappa shape index (κ3) is 4.93. The van der Waals surface area contributed by atoms with Gasteiger partial charge >= 0.3 is 0 Å². The van der Waals surface area contributed by atoms with Gasteiger partial charge in [-0.3, -0.25) is 14.5 Å². The maximum atomic E-state index is 12.7. The van der Waals surface area contributed by atoms with Gasteiger partial charge in [0.25, 0.3) is 5.91 Å². The summed E-state index contributed by atoms with van der Waals surface area (Å²) in [6.07, 6.45) is 0.946. The van der Waals surface area contributed by atoms with Crippen molar-refractivity contribution in [3.05, 3.63) is 101 Å². The highest BCUT2D eigenvalue weighted by molar-refractivity contribution is 6.04. The molecule has 5 heteroatoms. The summed E-state index contributed by atoms with van der Waals surface area (Å²) in [5.74, 6) is -0.320. The molecule has 0 spiro atoms. The highest BCUT2D eigenvalue weighted by Crippen LogP contribution is 2.19. The van der Waals surface area contributed by atoms with Gasteiger partial charge < -0.3 is 10.6 Å². The van der Waals surface area contributed by atoms with Crippen LogP contribution in [0.5, 0.6) is 0 Å². The van der Waals surface area contributed by atoms with Gasteiger partial charge in [-0.25, -0.2) is 0 Å². The molecular formula is C25H25N3O2. The molecule has 3 aromatic carbocycles. The molecule has 2 N–H and O–H groups in total. The van der Waals surface area contributed by atoms with Crippen LogP contribution in [0.4, 0.5) is 5.69 Å². The Balaban J connectivity index is 1.36. The number of hydrogen-bond acceptors (Lipinski definition) is 3. The first-order valence-corrected chi connectivity index (χ1v) is 10.2. The van der Waals surface area contributed by atoms with Crippen molar-refractivity contribution in [2.45, 2.75) is 19.5 Å². The van der Waals surface area contributed by atoms with E-state index in [0.29, 0.717) is 24.3 Å². The Hall–Kier alpha value is -3.44. The smallest absolute Gasteiger partial charge is 0.253 e. The van der Waals surface area contributed by atoms with Crippen molar-refractivity contribution in [2.24, 2.45) is 0 Å². The average Bonchev–Trinajstić information content (AvgIpc) is 2.78. The van der Waals surface area contributed by atoms with Gasteiger partial charge in [0.1, 0.15) is 0 Å². The molecular weight excluding hydrogens is 374 g/mol. The zero-order valence-electron chi connectivity index (χ0n) is 16.8. The maximum Gasteiger partial charge on any atom is 0.253 e. The van der Waals surface area contributed by atoms with E-state index in [4.69, 9.17) is 0 Å². The number of hydrogen-bond donors (Lipinski definition) is 2. The average molecular weight is 399 g/mol. The van der Waals surface area contributed by atoms with Crippen LogP contribution >= 0.6 is 0 Å². The zero-order valence-corrected chi connectivity index (χ0v) is 16.8. The lowest BCUT2D eigenvalue weighted by molar-refractivity contribution is -0.117. The first-order chi connectivity index (χ1) is 14.7. The molecule has 1 aliphatic heterocycles. The number of carbonyl (C=O) groups is 2. The molecule has 1 heterocycles. The van der Waals surface area contributed by atoms with Gasteiger partial charge in [-0.1, -0.05) is 66.7 Å². The third-order valence-electron chi connectivity index (χ3n) is 5.32. The molecule has 0 fully saturated rings. The van der Waals surface area contributed by atoms with Crippen molar-refractivity contribution in [2.75, 3.05) is 18.4 Å². The molecule has 0 aliphatic carbocycles. The molecule has 0 unspecified atom stereocenters. The van der Waals surface area contributed by atoms with Crippen LogP contribution in [0.15, 0.2) is 78.9 Å². The van der Waals surface area contributed by atoms with E-state index >= 15 is 0 Å². The fraction of sp³-hybridized carbons (Fsp3) is 0.200. The Morgan fingerprint density at radius 1 is 0.833 bits per heavy atom. The van der Waals surface area contributed by atoms with E-state index in [2.05, 4.69) is 33.7 Å². The number of amides is 2. The van der Waals surface area contributed by atoms with Crippen molar-refractivity contribution in [1.29, 1.82) is 0 Å². The SMILES string of the molecule is O=C(CN1CCc2ccccc2C1)Nc1ccccc1C(=O)NCc1ccccc1. The predicted octanol–water partition coefficient (Wildman–Crippen LogP) is 3.61. The van der Waals surface area contributed by atoms with Crippen LogP contribution in [0.2, 0.25) is 0 Å². The van der Waals surface area contributed by atoms with E-state index in [0.717, 1.165) is 25.1 Å². The van der Waals surface area contributed by atoms with Crippen molar-refractivity contribution < 1.29 is 9.59 Å². The largest absolute Gasteiger partial charge is 0.348 e. The Labute approximate surface area is 176 Å². The van der Waals surface area contributed by atoms with Crippen LogP contribution in [0.25, 0.3) is 0 Å². The summed E-state index contributed by atoms with van der Waals surface area (Å²) in [7, 11) is 0. The molecule has 3 aromatic rings. The lowest BCUT2D eigenvalue weighted by Crippen LogP contribution is -2.37. The fourth-order valence-electron chi connectivity index (χ4n) is 3.75. The van der Waals surface area contributed by atoms with Crippen LogP contribution in [0.3, 0.4) is 0 Å². The Morgan fingerprint density at radius 2 is 1.53 bits per heavy atom. The number of benzene rings is 3. The number of para-hydroxylation sites is 1. The second-order valence-electron chi connectivity index (χ2n) is 7.49. The van der Waals surface area contributed by atoms with Crippen LogP contribution in [0.1, 0.15) is 27.0 Å². The van der Waals surface area contributed by atoms with Gasteiger partial charge in [0.05, 0.1) is 17.8 Å². The normalized spacial score (nSPS) is 13.3. The fourth-order valence-corrected chi connectivity index (χ4v) is 3.75. The van der Waals surface area contributed by atoms with E-state index in [1.165, 1.54) is 11.1 Å².